The van der Waals surface area contributed by atoms with Crippen LogP contribution in [0, 0.1) is 5.92 Å². The van der Waals surface area contributed by atoms with E-state index in [4.69, 9.17) is 5.73 Å². The first-order valence-corrected chi connectivity index (χ1v) is 10.4. The lowest BCUT2D eigenvalue weighted by Gasteiger charge is -2.30. The maximum absolute atomic E-state index is 12.7. The molecule has 3 N–H and O–H groups in total. The summed E-state index contributed by atoms with van der Waals surface area (Å²) in [4.78, 5) is 17.4. The predicted molar refractivity (Wildman–Crippen MR) is 106 cm³/mol. The fraction of sp³-hybridized carbons (Fsp3) is 0.600. The van der Waals surface area contributed by atoms with Gasteiger partial charge in [0.05, 0.1) is 5.54 Å². The van der Waals surface area contributed by atoms with Gasteiger partial charge in [-0.3, -0.25) is 9.79 Å². The van der Waals surface area contributed by atoms with Crippen LogP contribution in [0.25, 0.3) is 0 Å². The number of carbonyl (C=O) groups is 1. The minimum Gasteiger partial charge on any atom is -0.379 e. The highest BCUT2D eigenvalue weighted by molar-refractivity contribution is 8.13. The van der Waals surface area contributed by atoms with Gasteiger partial charge in [-0.25, -0.2) is 0 Å². The molecule has 1 aromatic rings. The Labute approximate surface area is 155 Å². The molecule has 1 saturated carbocycles. The van der Waals surface area contributed by atoms with Crippen LogP contribution >= 0.6 is 11.8 Å². The number of nitrogens with zero attached hydrogens (tertiary/aromatic N) is 1. The normalized spacial score (nSPS) is 25.9. The monoisotopic (exact) mass is 359 g/mol. The van der Waals surface area contributed by atoms with Gasteiger partial charge in [0.1, 0.15) is 0 Å². The Morgan fingerprint density at radius 2 is 2.12 bits per heavy atom. The Morgan fingerprint density at radius 3 is 2.84 bits per heavy atom. The molecule has 0 radical (unpaired) electrons. The van der Waals surface area contributed by atoms with Gasteiger partial charge < -0.3 is 11.1 Å². The summed E-state index contributed by atoms with van der Waals surface area (Å²) in [5, 5.41) is 3.85. The van der Waals surface area contributed by atoms with Gasteiger partial charge in [0.15, 0.2) is 5.17 Å². The highest BCUT2D eigenvalue weighted by atomic mass is 32.2. The van der Waals surface area contributed by atoms with E-state index < -0.39 is 0 Å². The van der Waals surface area contributed by atoms with Gasteiger partial charge >= 0.3 is 0 Å². The quantitative estimate of drug-likeness (QED) is 0.852. The lowest BCUT2D eigenvalue weighted by molar-refractivity contribution is 0.0919. The van der Waals surface area contributed by atoms with E-state index in [1.807, 2.05) is 24.3 Å². The number of benzene rings is 1. The smallest absolute Gasteiger partial charge is 0.251 e. The molecular formula is C20H29N3OS. The maximum Gasteiger partial charge on any atom is 0.251 e. The Morgan fingerprint density at radius 1 is 1.36 bits per heavy atom. The second-order valence-corrected chi connectivity index (χ2v) is 8.68. The van der Waals surface area contributed by atoms with Crippen LogP contribution in [0.5, 0.6) is 0 Å². The number of carbonyl (C=O) groups excluding carboxylic acids is 1. The van der Waals surface area contributed by atoms with E-state index in [0.717, 1.165) is 17.7 Å². The van der Waals surface area contributed by atoms with Crippen molar-refractivity contribution in [3.05, 3.63) is 35.4 Å². The zero-order valence-electron chi connectivity index (χ0n) is 15.3. The molecule has 3 rings (SSSR count). The Hall–Kier alpha value is -1.49. The molecule has 136 valence electrons. The number of amides is 1. The van der Waals surface area contributed by atoms with Crippen molar-refractivity contribution < 1.29 is 4.79 Å². The number of amidine groups is 1. The maximum atomic E-state index is 12.7. The number of rotatable bonds is 4. The first-order valence-electron chi connectivity index (χ1n) is 9.37. The van der Waals surface area contributed by atoms with Crippen LogP contribution in [-0.2, 0) is 5.54 Å². The van der Waals surface area contributed by atoms with Crippen molar-refractivity contribution in [1.29, 1.82) is 0 Å². The van der Waals surface area contributed by atoms with E-state index in [1.165, 1.54) is 32.1 Å². The summed E-state index contributed by atoms with van der Waals surface area (Å²) in [6, 6.07) is 8.10. The summed E-state index contributed by atoms with van der Waals surface area (Å²) >= 11 is 1.60. The van der Waals surface area contributed by atoms with Crippen molar-refractivity contribution in [1.82, 2.24) is 5.32 Å². The second kappa shape index (κ2) is 7.81. The third-order valence-electron chi connectivity index (χ3n) is 5.66. The molecule has 1 fully saturated rings. The first kappa shape index (κ1) is 18.3. The molecule has 4 nitrogen and oxygen atoms in total. The van der Waals surface area contributed by atoms with Crippen molar-refractivity contribution in [2.45, 2.75) is 64.0 Å². The molecule has 1 aromatic carbocycles. The Balaban J connectivity index is 1.72. The molecule has 2 unspecified atom stereocenters. The standard InChI is InChI=1S/C20H29N3OS/c1-14(15-7-4-3-5-8-15)22-18(24)16-9-6-10-17(13-16)20(2)11-12-25-19(21)23-20/h6,9-10,13-15H,3-5,7-8,11-12H2,1-2H3,(H2,21,23)(H,22,24). The molecule has 0 bridgehead atoms. The third kappa shape index (κ3) is 4.38. The molecule has 1 aliphatic carbocycles. The zero-order valence-corrected chi connectivity index (χ0v) is 16.1. The number of thioether (sulfide) groups is 1. The van der Waals surface area contributed by atoms with Crippen LogP contribution in [-0.4, -0.2) is 22.9 Å². The van der Waals surface area contributed by atoms with Crippen molar-refractivity contribution in [2.24, 2.45) is 16.6 Å². The molecule has 2 aliphatic rings. The molecule has 1 heterocycles. The molecule has 1 aliphatic heterocycles. The summed E-state index contributed by atoms with van der Waals surface area (Å²) in [7, 11) is 0. The van der Waals surface area contributed by atoms with Crippen molar-refractivity contribution in [3.8, 4) is 0 Å². The molecule has 25 heavy (non-hydrogen) atoms. The lowest BCUT2D eigenvalue weighted by atomic mass is 9.84. The van der Waals surface area contributed by atoms with Crippen molar-refractivity contribution in [2.75, 3.05) is 5.75 Å². The molecule has 0 spiro atoms. The van der Waals surface area contributed by atoms with Gasteiger partial charge in [-0.15, -0.1) is 0 Å². The molecule has 0 aromatic heterocycles. The molecule has 2 atom stereocenters. The summed E-state index contributed by atoms with van der Waals surface area (Å²) in [6.07, 6.45) is 7.30. The van der Waals surface area contributed by atoms with Gasteiger partial charge in [-0.05, 0) is 56.7 Å². The largest absolute Gasteiger partial charge is 0.379 e. The molecule has 5 heteroatoms. The summed E-state index contributed by atoms with van der Waals surface area (Å²) < 4.78 is 0. The highest BCUT2D eigenvalue weighted by Crippen LogP contribution is 2.35. The van der Waals surface area contributed by atoms with E-state index in [-0.39, 0.29) is 17.5 Å². The minimum atomic E-state index is -0.333. The van der Waals surface area contributed by atoms with Gasteiger partial charge in [0, 0.05) is 17.4 Å². The van der Waals surface area contributed by atoms with Crippen molar-refractivity contribution >= 4 is 22.8 Å². The van der Waals surface area contributed by atoms with Gasteiger partial charge in [0.2, 0.25) is 0 Å². The van der Waals surface area contributed by atoms with Crippen LogP contribution in [0.1, 0.15) is 68.3 Å². The Kier molecular flexibility index (Phi) is 5.72. The van der Waals surface area contributed by atoms with E-state index in [1.54, 1.807) is 11.8 Å². The zero-order chi connectivity index (χ0) is 17.9. The molecule has 0 saturated heterocycles. The van der Waals surface area contributed by atoms with E-state index in [0.29, 0.717) is 16.6 Å². The van der Waals surface area contributed by atoms with E-state index >= 15 is 0 Å². The fourth-order valence-electron chi connectivity index (χ4n) is 3.93. The third-order valence-corrected chi connectivity index (χ3v) is 6.45. The molecule has 1 amide bonds. The van der Waals surface area contributed by atoms with Gasteiger partial charge in [-0.1, -0.05) is 43.2 Å². The summed E-state index contributed by atoms with van der Waals surface area (Å²) in [6.45, 7) is 4.24. The summed E-state index contributed by atoms with van der Waals surface area (Å²) in [5.74, 6) is 1.59. The predicted octanol–water partition coefficient (Wildman–Crippen LogP) is 4.05. The van der Waals surface area contributed by atoms with Crippen molar-refractivity contribution in [3.63, 3.8) is 0 Å². The van der Waals surface area contributed by atoms with Crippen LogP contribution in [0.3, 0.4) is 0 Å². The summed E-state index contributed by atoms with van der Waals surface area (Å²) in [5.41, 5.74) is 7.37. The van der Waals surface area contributed by atoms with E-state index in [9.17, 15) is 4.79 Å². The van der Waals surface area contributed by atoms with Crippen LogP contribution in [0.4, 0.5) is 0 Å². The number of nitrogens with two attached hydrogens (primary N) is 1. The number of hydrogen-bond acceptors (Lipinski definition) is 4. The van der Waals surface area contributed by atoms with Crippen LogP contribution in [0.15, 0.2) is 29.3 Å². The van der Waals surface area contributed by atoms with Crippen LogP contribution < -0.4 is 11.1 Å². The average molecular weight is 360 g/mol. The van der Waals surface area contributed by atoms with Crippen LogP contribution in [0.2, 0.25) is 0 Å². The second-order valence-electron chi connectivity index (χ2n) is 7.56. The SMILES string of the molecule is CC(NC(=O)c1cccc(C2(C)CCSC(N)=N2)c1)C1CCCCC1. The minimum absolute atomic E-state index is 0.0191. The number of aliphatic imine (C=N–C) groups is 1. The average Bonchev–Trinajstić information content (AvgIpc) is 2.62. The fourth-order valence-corrected chi connectivity index (χ4v) is 4.91. The van der Waals surface area contributed by atoms with E-state index in [2.05, 4.69) is 24.2 Å². The lowest BCUT2D eigenvalue weighted by Crippen LogP contribution is -2.39. The number of nitrogens with one attached hydrogen (secondary N) is 1. The van der Waals surface area contributed by atoms with Gasteiger partial charge in [-0.2, -0.15) is 0 Å². The van der Waals surface area contributed by atoms with Gasteiger partial charge in [0.25, 0.3) is 5.91 Å². The topological polar surface area (TPSA) is 67.5 Å². The highest BCUT2D eigenvalue weighted by Gasteiger charge is 2.30. The first-order chi connectivity index (χ1) is 12.0. The molecular weight excluding hydrogens is 330 g/mol. The number of hydrogen-bond donors (Lipinski definition) is 2. The Bertz CT molecular complexity index is 654.